The normalized spacial score (nSPS) is 15.1. The summed E-state index contributed by atoms with van der Waals surface area (Å²) >= 11 is 6.11. The lowest BCUT2D eigenvalue weighted by atomic mass is 10.1. The van der Waals surface area contributed by atoms with Crippen LogP contribution in [0.4, 0.5) is 0 Å². The van der Waals surface area contributed by atoms with Crippen LogP contribution in [0.15, 0.2) is 53.1 Å². The molecule has 1 atom stereocenters. The highest BCUT2D eigenvalue weighted by molar-refractivity contribution is 6.30. The average Bonchev–Trinajstić information content (AvgIpc) is 3.24. The third-order valence-electron chi connectivity index (χ3n) is 6.40. The molecule has 8 nitrogen and oxygen atoms in total. The fourth-order valence-electron chi connectivity index (χ4n) is 4.30. The van der Waals surface area contributed by atoms with E-state index in [1.807, 2.05) is 41.3 Å². The number of esters is 1. The molecule has 36 heavy (non-hydrogen) atoms. The van der Waals surface area contributed by atoms with Gasteiger partial charge < -0.3 is 18.9 Å². The molecule has 0 saturated carbocycles. The summed E-state index contributed by atoms with van der Waals surface area (Å²) in [6.45, 7) is 7.31. The highest BCUT2D eigenvalue weighted by atomic mass is 35.5. The number of aryl methyl sites for hydroxylation is 2. The first kappa shape index (κ1) is 25.9. The molecule has 0 radical (unpaired) electrons. The van der Waals surface area contributed by atoms with Crippen LogP contribution in [-0.2, 0) is 16.1 Å². The lowest BCUT2D eigenvalue weighted by molar-refractivity contribution is 0.00338. The summed E-state index contributed by atoms with van der Waals surface area (Å²) in [7, 11) is 1.36. The number of carbonyl (C=O) groups excluding carboxylic acids is 2. The number of benzene rings is 2. The number of piperazine rings is 1. The fraction of sp³-hybridized carbons (Fsp3) is 0.370. The molecule has 9 heteroatoms. The first-order chi connectivity index (χ1) is 17.4. The van der Waals surface area contributed by atoms with Gasteiger partial charge in [0.05, 0.1) is 31.1 Å². The molecule has 1 saturated heterocycles. The molecular formula is C27H30ClN3O5. The zero-order valence-corrected chi connectivity index (χ0v) is 21.5. The van der Waals surface area contributed by atoms with Gasteiger partial charge in [-0.15, -0.1) is 0 Å². The van der Waals surface area contributed by atoms with Crippen molar-refractivity contribution in [1.82, 2.24) is 15.0 Å². The number of ether oxygens (including phenoxy) is 2. The third kappa shape index (κ3) is 6.13. The molecule has 0 N–H and O–H groups in total. The predicted molar refractivity (Wildman–Crippen MR) is 135 cm³/mol. The van der Waals surface area contributed by atoms with Crippen molar-refractivity contribution >= 4 is 23.5 Å². The standard InChI is InChI=1S/C27H30ClN3O5/c1-18-25(19(2)36-29-18)26(32)31-14-12-30(13-15-31)16-24(21-8-10-23(28)11-9-21)35-17-20-4-6-22(7-5-20)27(33)34-3/h4-11,24H,12-17H2,1-3H3. The molecule has 1 aliphatic heterocycles. The minimum atomic E-state index is -0.367. The molecule has 190 valence electrons. The average molecular weight is 512 g/mol. The van der Waals surface area contributed by atoms with Crippen LogP contribution in [-0.4, -0.2) is 66.7 Å². The number of methoxy groups -OCH3 is 1. The van der Waals surface area contributed by atoms with E-state index in [0.717, 1.165) is 24.2 Å². The van der Waals surface area contributed by atoms with Crippen molar-refractivity contribution in [2.45, 2.75) is 26.6 Å². The van der Waals surface area contributed by atoms with Crippen LogP contribution in [0.1, 0.15) is 49.4 Å². The maximum Gasteiger partial charge on any atom is 0.337 e. The summed E-state index contributed by atoms with van der Waals surface area (Å²) in [5, 5.41) is 4.58. The van der Waals surface area contributed by atoms with Crippen LogP contribution < -0.4 is 0 Å². The van der Waals surface area contributed by atoms with Gasteiger partial charge in [-0.25, -0.2) is 4.79 Å². The monoisotopic (exact) mass is 511 g/mol. The van der Waals surface area contributed by atoms with E-state index in [0.29, 0.717) is 53.8 Å². The number of hydrogen-bond acceptors (Lipinski definition) is 7. The van der Waals surface area contributed by atoms with Crippen molar-refractivity contribution in [3.8, 4) is 0 Å². The summed E-state index contributed by atoms with van der Waals surface area (Å²) in [5.41, 5.74) is 3.66. The zero-order chi connectivity index (χ0) is 25.7. The molecule has 0 aliphatic carbocycles. The highest BCUT2D eigenvalue weighted by Gasteiger charge is 2.28. The number of nitrogens with zero attached hydrogens (tertiary/aromatic N) is 3. The molecule has 0 spiro atoms. The highest BCUT2D eigenvalue weighted by Crippen LogP contribution is 2.24. The summed E-state index contributed by atoms with van der Waals surface area (Å²) in [6, 6.07) is 14.9. The Labute approximate surface area is 215 Å². The summed E-state index contributed by atoms with van der Waals surface area (Å²) in [6.07, 6.45) is -0.188. The van der Waals surface area contributed by atoms with E-state index < -0.39 is 0 Å². The molecule has 2 aromatic carbocycles. The van der Waals surface area contributed by atoms with Crippen molar-refractivity contribution in [3.63, 3.8) is 0 Å². The van der Waals surface area contributed by atoms with Gasteiger partial charge >= 0.3 is 5.97 Å². The number of hydrogen-bond donors (Lipinski definition) is 0. The van der Waals surface area contributed by atoms with Crippen LogP contribution in [0.5, 0.6) is 0 Å². The molecule has 1 fully saturated rings. The lowest BCUT2D eigenvalue weighted by Gasteiger charge is -2.36. The van der Waals surface area contributed by atoms with Gasteiger partial charge in [0.1, 0.15) is 11.3 Å². The van der Waals surface area contributed by atoms with Gasteiger partial charge in [0, 0.05) is 37.7 Å². The van der Waals surface area contributed by atoms with E-state index in [9.17, 15) is 9.59 Å². The largest absolute Gasteiger partial charge is 0.465 e. The Hall–Kier alpha value is -3.20. The predicted octanol–water partition coefficient (Wildman–Crippen LogP) is 4.45. The van der Waals surface area contributed by atoms with E-state index in [4.69, 9.17) is 25.6 Å². The van der Waals surface area contributed by atoms with Crippen LogP contribution in [0.2, 0.25) is 5.02 Å². The lowest BCUT2D eigenvalue weighted by Crippen LogP contribution is -2.49. The smallest absolute Gasteiger partial charge is 0.337 e. The molecule has 1 aliphatic rings. The fourth-order valence-corrected chi connectivity index (χ4v) is 4.42. The number of amides is 1. The Kier molecular flexibility index (Phi) is 8.40. The van der Waals surface area contributed by atoms with Gasteiger partial charge in [0.25, 0.3) is 5.91 Å². The minimum absolute atomic E-state index is 0.0354. The Balaban J connectivity index is 1.39. The van der Waals surface area contributed by atoms with Gasteiger partial charge in [-0.05, 0) is 49.2 Å². The third-order valence-corrected chi connectivity index (χ3v) is 6.65. The zero-order valence-electron chi connectivity index (χ0n) is 20.7. The quantitative estimate of drug-likeness (QED) is 0.413. The number of aromatic nitrogens is 1. The van der Waals surface area contributed by atoms with Crippen molar-refractivity contribution in [1.29, 1.82) is 0 Å². The Morgan fingerprint density at radius 2 is 1.69 bits per heavy atom. The van der Waals surface area contributed by atoms with E-state index in [1.165, 1.54) is 7.11 Å². The summed E-state index contributed by atoms with van der Waals surface area (Å²) in [5.74, 6) is 0.149. The molecule has 4 rings (SSSR count). The molecule has 0 bridgehead atoms. The minimum Gasteiger partial charge on any atom is -0.465 e. The molecule has 1 amide bonds. The second-order valence-corrected chi connectivity index (χ2v) is 9.27. The Bertz CT molecular complexity index is 1170. The van der Waals surface area contributed by atoms with Crippen molar-refractivity contribution in [3.05, 3.63) is 87.3 Å². The topological polar surface area (TPSA) is 85.1 Å². The van der Waals surface area contributed by atoms with Gasteiger partial charge in [-0.2, -0.15) is 0 Å². The van der Waals surface area contributed by atoms with Crippen molar-refractivity contribution in [2.24, 2.45) is 0 Å². The van der Waals surface area contributed by atoms with E-state index in [1.54, 1.807) is 26.0 Å². The van der Waals surface area contributed by atoms with Crippen LogP contribution in [0.25, 0.3) is 0 Å². The van der Waals surface area contributed by atoms with Gasteiger partial charge in [-0.1, -0.05) is 41.0 Å². The number of halogens is 1. The van der Waals surface area contributed by atoms with Crippen LogP contribution in [0.3, 0.4) is 0 Å². The Morgan fingerprint density at radius 3 is 2.28 bits per heavy atom. The maximum absolute atomic E-state index is 13.0. The van der Waals surface area contributed by atoms with E-state index in [-0.39, 0.29) is 18.0 Å². The van der Waals surface area contributed by atoms with E-state index in [2.05, 4.69) is 10.1 Å². The van der Waals surface area contributed by atoms with Gasteiger partial charge in [0.2, 0.25) is 0 Å². The van der Waals surface area contributed by atoms with Gasteiger partial charge in [0.15, 0.2) is 0 Å². The number of rotatable bonds is 8. The second kappa shape index (κ2) is 11.7. The summed E-state index contributed by atoms with van der Waals surface area (Å²) < 4.78 is 16.3. The molecule has 1 aromatic heterocycles. The van der Waals surface area contributed by atoms with Crippen LogP contribution >= 0.6 is 11.6 Å². The maximum atomic E-state index is 13.0. The first-order valence-corrected chi connectivity index (χ1v) is 12.2. The molecule has 3 aromatic rings. The number of carbonyl (C=O) groups is 2. The SMILES string of the molecule is COC(=O)c1ccc(COC(CN2CCN(C(=O)c3c(C)noc3C)CC2)c2ccc(Cl)cc2)cc1. The second-order valence-electron chi connectivity index (χ2n) is 8.83. The van der Waals surface area contributed by atoms with E-state index >= 15 is 0 Å². The van der Waals surface area contributed by atoms with Gasteiger partial charge in [-0.3, -0.25) is 9.69 Å². The van der Waals surface area contributed by atoms with Crippen molar-refractivity contribution < 1.29 is 23.6 Å². The van der Waals surface area contributed by atoms with Crippen molar-refractivity contribution in [2.75, 3.05) is 39.8 Å². The molecule has 2 heterocycles. The van der Waals surface area contributed by atoms with Crippen LogP contribution in [0, 0.1) is 13.8 Å². The molecule has 1 unspecified atom stereocenters. The first-order valence-electron chi connectivity index (χ1n) is 11.8. The molecular weight excluding hydrogens is 482 g/mol. The Morgan fingerprint density at radius 1 is 1.03 bits per heavy atom. The summed E-state index contributed by atoms with van der Waals surface area (Å²) in [4.78, 5) is 28.8.